The summed E-state index contributed by atoms with van der Waals surface area (Å²) in [6, 6.07) is 0. The van der Waals surface area contributed by atoms with Crippen LogP contribution in [0.25, 0.3) is 0 Å². The Balaban J connectivity index is 1.03. The molecule has 5 aliphatic rings. The predicted octanol–water partition coefficient (Wildman–Crippen LogP) is 7.49. The lowest BCUT2D eigenvalue weighted by Crippen LogP contribution is -2.51. The van der Waals surface area contributed by atoms with Crippen LogP contribution in [0.15, 0.2) is 11.6 Å². The van der Waals surface area contributed by atoms with Crippen molar-refractivity contribution < 1.29 is 24.5 Å². The molecule has 0 aromatic heterocycles. The van der Waals surface area contributed by atoms with E-state index < -0.39 is 6.10 Å². The number of hydrogen-bond acceptors (Lipinski definition) is 5. The third kappa shape index (κ3) is 7.66. The van der Waals surface area contributed by atoms with Crippen LogP contribution in [0.4, 0.5) is 4.79 Å². The lowest BCUT2D eigenvalue weighted by molar-refractivity contribution is -0.130. The number of nitrogens with zero attached hydrogens (tertiary/aromatic N) is 1. The molecule has 262 valence electrons. The van der Waals surface area contributed by atoms with E-state index in [1.165, 1.54) is 51.4 Å². The molecule has 0 aromatic rings. The number of allylic oxidation sites excluding steroid dienone is 1. The molecule has 2 amide bonds. The fraction of sp³-hybridized carbons (Fsp3) is 0.897. The molecule has 5 rings (SSSR count). The maximum Gasteiger partial charge on any atom is 0.407 e. The average molecular weight is 643 g/mol. The van der Waals surface area contributed by atoms with Crippen molar-refractivity contribution in [2.24, 2.45) is 52.3 Å². The number of aliphatic hydroxyl groups excluding tert-OH is 2. The maximum atomic E-state index is 12.7. The molecule has 4 fully saturated rings. The monoisotopic (exact) mass is 642 g/mol. The summed E-state index contributed by atoms with van der Waals surface area (Å²) in [5.74, 6) is 4.80. The number of aliphatic hydroxyl groups is 2. The number of hydrogen-bond donors (Lipinski definition) is 3. The summed E-state index contributed by atoms with van der Waals surface area (Å²) in [7, 11) is 0. The minimum atomic E-state index is -0.630. The Bertz CT molecular complexity index is 1080. The van der Waals surface area contributed by atoms with Crippen molar-refractivity contribution in [2.75, 3.05) is 26.2 Å². The third-order valence-electron chi connectivity index (χ3n) is 13.9. The smallest absolute Gasteiger partial charge is 0.407 e. The molecule has 3 saturated carbocycles. The summed E-state index contributed by atoms with van der Waals surface area (Å²) in [6.07, 6.45) is 18.4. The van der Waals surface area contributed by atoms with Gasteiger partial charge in [0.15, 0.2) is 0 Å². The van der Waals surface area contributed by atoms with E-state index in [-0.39, 0.29) is 36.0 Å². The van der Waals surface area contributed by atoms with Gasteiger partial charge >= 0.3 is 6.09 Å². The number of carbonyl (C=O) groups is 2. The van der Waals surface area contributed by atoms with Crippen LogP contribution in [0, 0.1) is 52.3 Å². The second kappa shape index (κ2) is 15.3. The fourth-order valence-corrected chi connectivity index (χ4v) is 11.1. The van der Waals surface area contributed by atoms with Crippen LogP contribution in [-0.2, 0) is 9.53 Å². The summed E-state index contributed by atoms with van der Waals surface area (Å²) < 4.78 is 5.94. The van der Waals surface area contributed by atoms with Crippen molar-refractivity contribution in [1.29, 1.82) is 0 Å². The van der Waals surface area contributed by atoms with Gasteiger partial charge in [0, 0.05) is 38.4 Å². The number of likely N-dealkylation sites (tertiary alicyclic amines) is 1. The van der Waals surface area contributed by atoms with E-state index in [0.29, 0.717) is 31.5 Å². The summed E-state index contributed by atoms with van der Waals surface area (Å²) in [4.78, 5) is 26.7. The lowest BCUT2D eigenvalue weighted by atomic mass is 9.47. The molecular weight excluding hydrogens is 576 g/mol. The molecule has 46 heavy (non-hydrogen) atoms. The summed E-state index contributed by atoms with van der Waals surface area (Å²) in [6.45, 7) is 13.7. The van der Waals surface area contributed by atoms with Crippen molar-refractivity contribution >= 4 is 12.0 Å². The average Bonchev–Trinajstić information content (AvgIpc) is 3.58. The van der Waals surface area contributed by atoms with Gasteiger partial charge in [0.1, 0.15) is 6.10 Å². The quantitative estimate of drug-likeness (QED) is 0.143. The van der Waals surface area contributed by atoms with Gasteiger partial charge in [-0.15, -0.1) is 0 Å². The number of fused-ring (bicyclic) bond motifs is 5. The molecule has 0 aromatic carbocycles. The Kier molecular flexibility index (Phi) is 11.9. The number of carbonyl (C=O) groups excluding carboxylic acids is 2. The topological polar surface area (TPSA) is 99.1 Å². The first-order chi connectivity index (χ1) is 22.0. The Morgan fingerprint density at radius 2 is 1.80 bits per heavy atom. The maximum absolute atomic E-state index is 12.7. The summed E-state index contributed by atoms with van der Waals surface area (Å²) >= 11 is 0. The van der Waals surface area contributed by atoms with Gasteiger partial charge in [-0.1, -0.05) is 72.0 Å². The molecule has 8 unspecified atom stereocenters. The fourth-order valence-electron chi connectivity index (χ4n) is 11.1. The third-order valence-corrected chi connectivity index (χ3v) is 13.9. The molecule has 0 spiro atoms. The molecule has 10 atom stereocenters. The second-order valence-corrected chi connectivity index (χ2v) is 17.1. The number of alkyl carbamates (subject to hydrolysis) is 1. The Labute approximate surface area is 279 Å². The standard InChI is InChI=1S/C39H66N2O5/c1-26(2)10-9-11-27(3)32-15-16-33-31-14-13-29-22-30(17-19-38(29,4)34(31)18-20-39(32,33)5)46-37(45)40-21-8-6-7-12-36(44)41-23-28(25-42)35(43)24-41/h13,26-28,30-35,42-43H,6-12,14-25H2,1-5H3,(H,40,45)/t27?,28?,30-,31?,32+,33?,34?,35?,38?,39?/m0/s1. The molecule has 0 bridgehead atoms. The van der Waals surface area contributed by atoms with E-state index in [4.69, 9.17) is 4.74 Å². The molecular formula is C39H66N2O5. The van der Waals surface area contributed by atoms with Crippen LogP contribution in [-0.4, -0.2) is 65.6 Å². The van der Waals surface area contributed by atoms with Gasteiger partial charge in [0.25, 0.3) is 0 Å². The number of unbranched alkanes of at least 4 members (excludes halogenated alkanes) is 2. The van der Waals surface area contributed by atoms with Crippen molar-refractivity contribution in [3.8, 4) is 0 Å². The van der Waals surface area contributed by atoms with E-state index in [1.54, 1.807) is 10.5 Å². The highest BCUT2D eigenvalue weighted by Crippen LogP contribution is 2.67. The minimum absolute atomic E-state index is 0.0341. The van der Waals surface area contributed by atoms with Crippen LogP contribution in [0.5, 0.6) is 0 Å². The van der Waals surface area contributed by atoms with E-state index in [1.807, 2.05) is 0 Å². The lowest BCUT2D eigenvalue weighted by Gasteiger charge is -2.58. The molecule has 7 nitrogen and oxygen atoms in total. The van der Waals surface area contributed by atoms with E-state index in [9.17, 15) is 19.8 Å². The van der Waals surface area contributed by atoms with Crippen molar-refractivity contribution in [3.63, 3.8) is 0 Å². The molecule has 1 heterocycles. The number of ether oxygens (including phenoxy) is 1. The van der Waals surface area contributed by atoms with E-state index in [2.05, 4.69) is 46.0 Å². The van der Waals surface area contributed by atoms with Gasteiger partial charge in [-0.3, -0.25) is 4.79 Å². The van der Waals surface area contributed by atoms with Crippen molar-refractivity contribution in [3.05, 3.63) is 11.6 Å². The first-order valence-electron chi connectivity index (χ1n) is 19.2. The summed E-state index contributed by atoms with van der Waals surface area (Å²) in [5.41, 5.74) is 2.32. The van der Waals surface area contributed by atoms with Gasteiger partial charge in [-0.05, 0) is 104 Å². The van der Waals surface area contributed by atoms with Crippen LogP contribution in [0.2, 0.25) is 0 Å². The number of amides is 2. The largest absolute Gasteiger partial charge is 0.446 e. The van der Waals surface area contributed by atoms with Gasteiger partial charge in [0.05, 0.1) is 12.7 Å². The van der Waals surface area contributed by atoms with Gasteiger partial charge < -0.3 is 25.2 Å². The van der Waals surface area contributed by atoms with Crippen LogP contribution in [0.3, 0.4) is 0 Å². The second-order valence-electron chi connectivity index (χ2n) is 17.1. The Hall–Kier alpha value is -1.60. The molecule has 1 aliphatic heterocycles. The van der Waals surface area contributed by atoms with Gasteiger partial charge in [0.2, 0.25) is 5.91 Å². The Morgan fingerprint density at radius 1 is 1.00 bits per heavy atom. The van der Waals surface area contributed by atoms with Crippen molar-refractivity contribution in [1.82, 2.24) is 10.2 Å². The summed E-state index contributed by atoms with van der Waals surface area (Å²) in [5, 5.41) is 22.2. The molecule has 4 aliphatic carbocycles. The van der Waals surface area contributed by atoms with Crippen LogP contribution < -0.4 is 5.32 Å². The Morgan fingerprint density at radius 3 is 2.54 bits per heavy atom. The van der Waals surface area contributed by atoms with E-state index >= 15 is 0 Å². The first kappa shape index (κ1) is 35.7. The van der Waals surface area contributed by atoms with Gasteiger partial charge in [-0.25, -0.2) is 4.79 Å². The molecule has 3 N–H and O–H groups in total. The highest BCUT2D eigenvalue weighted by atomic mass is 16.6. The molecule has 0 radical (unpaired) electrons. The molecule has 1 saturated heterocycles. The normalized spacial score (nSPS) is 37.7. The zero-order chi connectivity index (χ0) is 33.1. The SMILES string of the molecule is CC(C)CCCC(C)[C@H]1CCC2C3CC=C4C[C@@H](OC(=O)NCCCCCC(=O)N5CC(O)C(CO)C5)CCC4(C)C3CCC21C. The number of rotatable bonds is 13. The van der Waals surface area contributed by atoms with Crippen LogP contribution >= 0.6 is 0 Å². The molecule has 7 heteroatoms. The predicted molar refractivity (Wildman–Crippen MR) is 183 cm³/mol. The zero-order valence-corrected chi connectivity index (χ0v) is 29.8. The number of nitrogens with one attached hydrogen (secondary N) is 1. The first-order valence-corrected chi connectivity index (χ1v) is 19.2. The van der Waals surface area contributed by atoms with E-state index in [0.717, 1.165) is 74.0 Å². The highest BCUT2D eigenvalue weighted by molar-refractivity contribution is 5.76. The zero-order valence-electron chi connectivity index (χ0n) is 29.8. The van der Waals surface area contributed by atoms with Gasteiger partial charge in [-0.2, -0.15) is 0 Å². The highest BCUT2D eigenvalue weighted by Gasteiger charge is 2.59. The van der Waals surface area contributed by atoms with Crippen LogP contribution in [0.1, 0.15) is 131 Å². The minimum Gasteiger partial charge on any atom is -0.446 e. The number of β-amino-alcohol motifs (C(OH)–C–C–N with tert-alkyl or cyclic N) is 1. The van der Waals surface area contributed by atoms with Crippen molar-refractivity contribution in [2.45, 2.75) is 143 Å².